The SMILES string of the molecule is COc1ccc(C(=O)OCC(=O)Nc2sccc2C#N)c(O)c1. The second kappa shape index (κ2) is 7.29. The van der Waals surface area contributed by atoms with E-state index in [0.717, 1.165) is 0 Å². The molecule has 2 aromatic rings. The number of nitrogens with zero attached hydrogens (tertiary/aromatic N) is 1. The van der Waals surface area contributed by atoms with Crippen molar-refractivity contribution in [3.05, 3.63) is 40.8 Å². The molecule has 0 aliphatic rings. The van der Waals surface area contributed by atoms with Crippen molar-refractivity contribution in [3.63, 3.8) is 0 Å². The average molecular weight is 332 g/mol. The molecule has 0 radical (unpaired) electrons. The maximum Gasteiger partial charge on any atom is 0.342 e. The van der Waals surface area contributed by atoms with Crippen LogP contribution >= 0.6 is 11.3 Å². The Hall–Kier alpha value is -3.05. The van der Waals surface area contributed by atoms with E-state index in [9.17, 15) is 14.7 Å². The van der Waals surface area contributed by atoms with Crippen LogP contribution in [0.4, 0.5) is 5.00 Å². The van der Waals surface area contributed by atoms with Crippen LogP contribution in [0.25, 0.3) is 0 Å². The van der Waals surface area contributed by atoms with Crippen molar-refractivity contribution in [2.45, 2.75) is 0 Å². The van der Waals surface area contributed by atoms with Gasteiger partial charge in [-0.25, -0.2) is 4.79 Å². The maximum atomic E-state index is 11.8. The molecule has 0 saturated heterocycles. The lowest BCUT2D eigenvalue weighted by Crippen LogP contribution is -2.20. The number of nitrogens with one attached hydrogen (secondary N) is 1. The molecule has 0 unspecified atom stereocenters. The second-order valence-electron chi connectivity index (χ2n) is 4.28. The van der Waals surface area contributed by atoms with Crippen molar-refractivity contribution >= 4 is 28.2 Å². The number of anilines is 1. The quantitative estimate of drug-likeness (QED) is 0.812. The maximum absolute atomic E-state index is 11.8. The summed E-state index contributed by atoms with van der Waals surface area (Å²) < 4.78 is 9.74. The second-order valence-corrected chi connectivity index (χ2v) is 5.20. The zero-order valence-electron chi connectivity index (χ0n) is 12.0. The molecule has 1 heterocycles. The first-order valence-corrected chi connectivity index (χ1v) is 7.24. The number of rotatable bonds is 5. The monoisotopic (exact) mass is 332 g/mol. The molecule has 0 aliphatic heterocycles. The minimum Gasteiger partial charge on any atom is -0.507 e. The summed E-state index contributed by atoms with van der Waals surface area (Å²) in [5.41, 5.74) is 0.259. The molecule has 23 heavy (non-hydrogen) atoms. The molecule has 1 amide bonds. The molecule has 1 aromatic carbocycles. The van der Waals surface area contributed by atoms with E-state index in [1.54, 1.807) is 11.4 Å². The van der Waals surface area contributed by atoms with Gasteiger partial charge in [-0.3, -0.25) is 4.79 Å². The number of nitriles is 1. The number of methoxy groups -OCH3 is 1. The largest absolute Gasteiger partial charge is 0.507 e. The van der Waals surface area contributed by atoms with Crippen molar-refractivity contribution in [1.29, 1.82) is 5.26 Å². The minimum atomic E-state index is -0.841. The summed E-state index contributed by atoms with van der Waals surface area (Å²) in [6.07, 6.45) is 0. The van der Waals surface area contributed by atoms with Gasteiger partial charge in [0.25, 0.3) is 5.91 Å². The highest BCUT2D eigenvalue weighted by atomic mass is 32.1. The van der Waals surface area contributed by atoms with E-state index in [-0.39, 0.29) is 11.3 Å². The van der Waals surface area contributed by atoms with Gasteiger partial charge >= 0.3 is 5.97 Å². The summed E-state index contributed by atoms with van der Waals surface area (Å²) in [5.74, 6) is -1.34. The van der Waals surface area contributed by atoms with Gasteiger partial charge in [0.1, 0.15) is 28.1 Å². The molecule has 0 fully saturated rings. The Labute approximate surface area is 135 Å². The van der Waals surface area contributed by atoms with E-state index < -0.39 is 18.5 Å². The summed E-state index contributed by atoms with van der Waals surface area (Å²) in [7, 11) is 1.43. The highest BCUT2D eigenvalue weighted by Crippen LogP contribution is 2.24. The normalized spacial score (nSPS) is 9.74. The number of amides is 1. The van der Waals surface area contributed by atoms with Crippen LogP contribution in [0.2, 0.25) is 0 Å². The zero-order valence-corrected chi connectivity index (χ0v) is 12.8. The fourth-order valence-corrected chi connectivity index (χ4v) is 2.43. The lowest BCUT2D eigenvalue weighted by Gasteiger charge is -2.08. The average Bonchev–Trinajstić information content (AvgIpc) is 2.99. The third-order valence-electron chi connectivity index (χ3n) is 2.80. The van der Waals surface area contributed by atoms with Crippen molar-refractivity contribution in [1.82, 2.24) is 0 Å². The van der Waals surface area contributed by atoms with Crippen LogP contribution in [0.1, 0.15) is 15.9 Å². The van der Waals surface area contributed by atoms with Crippen molar-refractivity contribution in [2.24, 2.45) is 0 Å². The standard InChI is InChI=1S/C15H12N2O5S/c1-21-10-2-3-11(12(18)6-10)15(20)22-8-13(19)17-14-9(7-16)4-5-23-14/h2-6,18H,8H2,1H3,(H,17,19). The van der Waals surface area contributed by atoms with Gasteiger partial charge in [-0.2, -0.15) is 5.26 Å². The molecule has 1 aromatic heterocycles. The third kappa shape index (κ3) is 3.99. The zero-order chi connectivity index (χ0) is 16.8. The number of aromatic hydroxyl groups is 1. The number of thiophene rings is 1. The Bertz CT molecular complexity index is 778. The lowest BCUT2D eigenvalue weighted by atomic mass is 10.2. The molecule has 7 nitrogen and oxygen atoms in total. The fourth-order valence-electron chi connectivity index (χ4n) is 1.68. The molecule has 2 rings (SSSR count). The summed E-state index contributed by atoms with van der Waals surface area (Å²) in [5, 5.41) is 23.1. The lowest BCUT2D eigenvalue weighted by molar-refractivity contribution is -0.119. The van der Waals surface area contributed by atoms with Gasteiger partial charge in [0.2, 0.25) is 0 Å². The van der Waals surface area contributed by atoms with Gasteiger partial charge in [0, 0.05) is 6.07 Å². The number of carbonyl (C=O) groups excluding carboxylic acids is 2. The molecule has 0 saturated carbocycles. The number of esters is 1. The van der Waals surface area contributed by atoms with E-state index in [1.807, 2.05) is 6.07 Å². The molecule has 0 bridgehead atoms. The van der Waals surface area contributed by atoms with Crippen LogP contribution in [-0.2, 0) is 9.53 Å². The smallest absolute Gasteiger partial charge is 0.342 e. The van der Waals surface area contributed by atoms with Gasteiger partial charge in [0.05, 0.1) is 12.7 Å². The van der Waals surface area contributed by atoms with Crippen molar-refractivity contribution in [2.75, 3.05) is 19.0 Å². The van der Waals surface area contributed by atoms with E-state index in [1.165, 1.54) is 36.6 Å². The molecule has 8 heteroatoms. The van der Waals surface area contributed by atoms with Crippen LogP contribution in [0.15, 0.2) is 29.6 Å². The molecule has 0 spiro atoms. The summed E-state index contributed by atoms with van der Waals surface area (Å²) in [4.78, 5) is 23.6. The number of phenols is 1. The number of hydrogen-bond donors (Lipinski definition) is 2. The van der Waals surface area contributed by atoms with E-state index in [4.69, 9.17) is 14.7 Å². The molecule has 118 valence electrons. The van der Waals surface area contributed by atoms with Crippen molar-refractivity contribution in [3.8, 4) is 17.6 Å². The van der Waals surface area contributed by atoms with E-state index in [2.05, 4.69) is 5.32 Å². The fraction of sp³-hybridized carbons (Fsp3) is 0.133. The Morgan fingerprint density at radius 1 is 1.39 bits per heavy atom. The topological polar surface area (TPSA) is 109 Å². The van der Waals surface area contributed by atoms with Crippen molar-refractivity contribution < 1.29 is 24.2 Å². The number of ether oxygens (including phenoxy) is 2. The number of benzene rings is 1. The molecular formula is C15H12N2O5S. The molecule has 0 aliphatic carbocycles. The predicted octanol–water partition coefficient (Wildman–Crippen LogP) is 2.13. The van der Waals surface area contributed by atoms with Gasteiger partial charge in [-0.15, -0.1) is 11.3 Å². The third-order valence-corrected chi connectivity index (χ3v) is 3.63. The minimum absolute atomic E-state index is 0.0764. The van der Waals surface area contributed by atoms with Gasteiger partial charge in [0.15, 0.2) is 6.61 Å². The molecular weight excluding hydrogens is 320 g/mol. The van der Waals surface area contributed by atoms with Gasteiger partial charge < -0.3 is 19.9 Å². The van der Waals surface area contributed by atoms with E-state index in [0.29, 0.717) is 16.3 Å². The molecule has 0 atom stereocenters. The first kappa shape index (κ1) is 16.3. The van der Waals surface area contributed by atoms with Gasteiger partial charge in [-0.1, -0.05) is 0 Å². The van der Waals surface area contributed by atoms with Crippen LogP contribution < -0.4 is 10.1 Å². The Kier molecular flexibility index (Phi) is 5.17. The molecule has 2 N–H and O–H groups in total. The van der Waals surface area contributed by atoms with Crippen LogP contribution in [-0.4, -0.2) is 30.7 Å². The Balaban J connectivity index is 1.94. The van der Waals surface area contributed by atoms with Gasteiger partial charge in [-0.05, 0) is 23.6 Å². The summed E-state index contributed by atoms with van der Waals surface area (Å²) in [6.45, 7) is -0.535. The van der Waals surface area contributed by atoms with E-state index >= 15 is 0 Å². The highest BCUT2D eigenvalue weighted by Gasteiger charge is 2.16. The highest BCUT2D eigenvalue weighted by molar-refractivity contribution is 7.14. The number of phenolic OH excluding ortho intramolecular Hbond substituents is 1. The van der Waals surface area contributed by atoms with Crippen LogP contribution in [0.5, 0.6) is 11.5 Å². The van der Waals surface area contributed by atoms with Crippen LogP contribution in [0.3, 0.4) is 0 Å². The first-order chi connectivity index (χ1) is 11.0. The Morgan fingerprint density at radius 2 is 2.17 bits per heavy atom. The first-order valence-electron chi connectivity index (χ1n) is 6.36. The Morgan fingerprint density at radius 3 is 2.83 bits per heavy atom. The summed E-state index contributed by atoms with van der Waals surface area (Å²) >= 11 is 1.19. The predicted molar refractivity (Wildman–Crippen MR) is 82.6 cm³/mol. The number of carbonyl (C=O) groups is 2. The van der Waals surface area contributed by atoms with Crippen LogP contribution in [0, 0.1) is 11.3 Å². The summed E-state index contributed by atoms with van der Waals surface area (Å²) in [6, 6.07) is 7.59. The number of hydrogen-bond acceptors (Lipinski definition) is 7.